The van der Waals surface area contributed by atoms with Crippen LogP contribution in [-0.4, -0.2) is 18.3 Å². The van der Waals surface area contributed by atoms with Crippen LogP contribution in [0.25, 0.3) is 0 Å². The Balaban J connectivity index is 2.45. The normalized spacial score (nSPS) is 35.3. The fourth-order valence-electron chi connectivity index (χ4n) is 2.35. The van der Waals surface area contributed by atoms with Crippen LogP contribution in [0.2, 0.25) is 0 Å². The Morgan fingerprint density at radius 3 is 2.23 bits per heavy atom. The maximum absolute atomic E-state index is 9.29. The second-order valence-electron chi connectivity index (χ2n) is 4.94. The van der Waals surface area contributed by atoms with Crippen molar-refractivity contribution in [3.05, 3.63) is 0 Å². The Morgan fingerprint density at radius 2 is 1.92 bits per heavy atom. The largest absolute Gasteiger partial charge is 0.396 e. The summed E-state index contributed by atoms with van der Waals surface area (Å²) in [6, 6.07) is 0. The second kappa shape index (κ2) is 4.43. The summed E-state index contributed by atoms with van der Waals surface area (Å²) < 4.78 is 0. The van der Waals surface area contributed by atoms with Gasteiger partial charge in [-0.3, -0.25) is 0 Å². The minimum absolute atomic E-state index is 0.0609. The fraction of sp³-hybridized carbons (Fsp3) is 1.00. The lowest BCUT2D eigenvalue weighted by Crippen LogP contribution is -2.38. The molecule has 0 aliphatic heterocycles. The van der Waals surface area contributed by atoms with Crippen molar-refractivity contribution in [2.24, 2.45) is 23.0 Å². The first-order valence-electron chi connectivity index (χ1n) is 5.44. The molecule has 0 amide bonds. The van der Waals surface area contributed by atoms with E-state index >= 15 is 0 Å². The Morgan fingerprint density at radius 1 is 1.38 bits per heavy atom. The first-order valence-corrected chi connectivity index (χ1v) is 5.44. The lowest BCUT2D eigenvalue weighted by molar-refractivity contribution is 0.0618. The van der Waals surface area contributed by atoms with Crippen LogP contribution in [0.4, 0.5) is 0 Å². The van der Waals surface area contributed by atoms with Gasteiger partial charge >= 0.3 is 0 Å². The van der Waals surface area contributed by atoms with E-state index in [2.05, 4.69) is 13.8 Å². The molecule has 2 heteroatoms. The monoisotopic (exact) mass is 185 g/mol. The van der Waals surface area contributed by atoms with Crippen molar-refractivity contribution in [3.63, 3.8) is 0 Å². The predicted octanol–water partition coefficient (Wildman–Crippen LogP) is 1.77. The molecule has 1 rings (SSSR count). The van der Waals surface area contributed by atoms with Crippen molar-refractivity contribution >= 4 is 0 Å². The molecule has 0 aromatic carbocycles. The third-order valence-electron chi connectivity index (χ3n) is 3.80. The van der Waals surface area contributed by atoms with Crippen molar-refractivity contribution in [3.8, 4) is 0 Å². The molecule has 0 saturated heterocycles. The third kappa shape index (κ3) is 2.44. The van der Waals surface area contributed by atoms with Crippen molar-refractivity contribution < 1.29 is 5.11 Å². The van der Waals surface area contributed by atoms with Gasteiger partial charge in [0.15, 0.2) is 0 Å². The summed E-state index contributed by atoms with van der Waals surface area (Å²) in [6.45, 7) is 5.50. The maximum atomic E-state index is 9.29. The minimum Gasteiger partial charge on any atom is -0.396 e. The molecular weight excluding hydrogens is 162 g/mol. The number of rotatable bonds is 3. The third-order valence-corrected chi connectivity index (χ3v) is 3.80. The lowest BCUT2D eigenvalue weighted by Gasteiger charge is -2.39. The van der Waals surface area contributed by atoms with E-state index in [1.165, 1.54) is 12.8 Å². The molecule has 3 N–H and O–H groups in total. The zero-order valence-electron chi connectivity index (χ0n) is 8.92. The summed E-state index contributed by atoms with van der Waals surface area (Å²) in [4.78, 5) is 0. The van der Waals surface area contributed by atoms with Crippen molar-refractivity contribution in [2.45, 2.75) is 39.5 Å². The highest BCUT2D eigenvalue weighted by atomic mass is 16.3. The topological polar surface area (TPSA) is 46.2 Å². The highest BCUT2D eigenvalue weighted by Crippen LogP contribution is 2.40. The summed E-state index contributed by atoms with van der Waals surface area (Å²) in [7, 11) is 0. The molecule has 0 spiro atoms. The molecule has 1 fully saturated rings. The van der Waals surface area contributed by atoms with Gasteiger partial charge in [-0.25, -0.2) is 0 Å². The van der Waals surface area contributed by atoms with Gasteiger partial charge in [-0.05, 0) is 37.5 Å². The van der Waals surface area contributed by atoms with Gasteiger partial charge in [-0.15, -0.1) is 0 Å². The number of aliphatic hydroxyl groups excluding tert-OH is 1. The van der Waals surface area contributed by atoms with Crippen LogP contribution in [0.15, 0.2) is 0 Å². The van der Waals surface area contributed by atoms with Gasteiger partial charge in [0.2, 0.25) is 0 Å². The van der Waals surface area contributed by atoms with Crippen LogP contribution >= 0.6 is 0 Å². The van der Waals surface area contributed by atoms with Gasteiger partial charge in [0.1, 0.15) is 0 Å². The van der Waals surface area contributed by atoms with Crippen LogP contribution < -0.4 is 5.73 Å². The van der Waals surface area contributed by atoms with E-state index in [9.17, 15) is 5.11 Å². The van der Waals surface area contributed by atoms with E-state index in [4.69, 9.17) is 5.73 Å². The summed E-state index contributed by atoms with van der Waals surface area (Å²) in [5.74, 6) is 1.64. The Bertz CT molecular complexity index is 142. The molecule has 1 aliphatic carbocycles. The van der Waals surface area contributed by atoms with Crippen molar-refractivity contribution in [1.29, 1.82) is 0 Å². The lowest BCUT2D eigenvalue weighted by atomic mass is 9.68. The van der Waals surface area contributed by atoms with E-state index in [1.54, 1.807) is 0 Å². The first kappa shape index (κ1) is 11.0. The summed E-state index contributed by atoms with van der Waals surface area (Å²) in [5.41, 5.74) is 5.77. The average molecular weight is 185 g/mol. The molecule has 0 aromatic rings. The van der Waals surface area contributed by atoms with E-state index in [0.29, 0.717) is 6.54 Å². The molecule has 0 atom stereocenters. The first-order chi connectivity index (χ1) is 6.13. The average Bonchev–Trinajstić information content (AvgIpc) is 2.18. The van der Waals surface area contributed by atoms with Crippen LogP contribution in [0.1, 0.15) is 39.5 Å². The van der Waals surface area contributed by atoms with Gasteiger partial charge in [0.25, 0.3) is 0 Å². The highest BCUT2D eigenvalue weighted by Gasteiger charge is 2.34. The predicted molar refractivity (Wildman–Crippen MR) is 55.4 cm³/mol. The number of hydrogen-bond acceptors (Lipinski definition) is 2. The molecule has 13 heavy (non-hydrogen) atoms. The highest BCUT2D eigenvalue weighted by molar-refractivity contribution is 4.86. The number of nitrogens with two attached hydrogens (primary N) is 1. The Kier molecular flexibility index (Phi) is 3.74. The Labute approximate surface area is 81.5 Å². The van der Waals surface area contributed by atoms with Crippen LogP contribution in [0.3, 0.4) is 0 Å². The van der Waals surface area contributed by atoms with Crippen molar-refractivity contribution in [2.75, 3.05) is 13.2 Å². The number of hydrogen-bond donors (Lipinski definition) is 2. The summed E-state index contributed by atoms with van der Waals surface area (Å²) >= 11 is 0. The second-order valence-corrected chi connectivity index (χ2v) is 4.94. The summed E-state index contributed by atoms with van der Waals surface area (Å²) in [5, 5.41) is 9.29. The van der Waals surface area contributed by atoms with E-state index in [0.717, 1.165) is 24.7 Å². The van der Waals surface area contributed by atoms with Gasteiger partial charge in [-0.2, -0.15) is 0 Å². The molecule has 1 saturated carbocycles. The van der Waals surface area contributed by atoms with E-state index < -0.39 is 0 Å². The number of aliphatic hydroxyl groups is 1. The summed E-state index contributed by atoms with van der Waals surface area (Å²) in [6.07, 6.45) is 4.72. The van der Waals surface area contributed by atoms with Gasteiger partial charge in [-0.1, -0.05) is 13.8 Å². The molecule has 0 heterocycles. The van der Waals surface area contributed by atoms with Crippen LogP contribution in [0.5, 0.6) is 0 Å². The smallest absolute Gasteiger partial charge is 0.0499 e. The van der Waals surface area contributed by atoms with Gasteiger partial charge in [0.05, 0.1) is 0 Å². The quantitative estimate of drug-likeness (QED) is 0.704. The fourth-order valence-corrected chi connectivity index (χ4v) is 2.35. The Hall–Kier alpha value is -0.0800. The van der Waals surface area contributed by atoms with Crippen molar-refractivity contribution in [1.82, 2.24) is 0 Å². The van der Waals surface area contributed by atoms with E-state index in [-0.39, 0.29) is 12.0 Å². The molecule has 78 valence electrons. The molecule has 0 bridgehead atoms. The minimum atomic E-state index is 0.0609. The zero-order valence-corrected chi connectivity index (χ0v) is 8.92. The molecule has 0 unspecified atom stereocenters. The molecular formula is C11H23NO. The molecule has 0 radical (unpaired) electrons. The van der Waals surface area contributed by atoms with E-state index in [1.807, 2.05) is 0 Å². The molecule has 0 aromatic heterocycles. The van der Waals surface area contributed by atoms with Crippen LogP contribution in [-0.2, 0) is 0 Å². The molecule has 2 nitrogen and oxygen atoms in total. The van der Waals surface area contributed by atoms with Crippen LogP contribution in [0, 0.1) is 17.3 Å². The zero-order chi connectivity index (χ0) is 9.90. The SMILES string of the molecule is CC(C)C1CCC(CN)(CO)CC1. The van der Waals surface area contributed by atoms with Gasteiger partial charge < -0.3 is 10.8 Å². The maximum Gasteiger partial charge on any atom is 0.0499 e. The standard InChI is InChI=1S/C11H23NO/c1-9(2)10-3-5-11(7-12,8-13)6-4-10/h9-10,13H,3-8,12H2,1-2H3. The molecule has 1 aliphatic rings. The van der Waals surface area contributed by atoms with Gasteiger partial charge in [0, 0.05) is 18.6 Å².